The predicted octanol–water partition coefficient (Wildman–Crippen LogP) is 3.90. The van der Waals surface area contributed by atoms with Crippen molar-refractivity contribution in [1.82, 2.24) is 5.32 Å². The minimum atomic E-state index is -0.449. The fraction of sp³-hybridized carbons (Fsp3) is 0.154. The van der Waals surface area contributed by atoms with Gasteiger partial charge in [-0.15, -0.1) is 0 Å². The molecule has 0 unspecified atom stereocenters. The van der Waals surface area contributed by atoms with Gasteiger partial charge in [0.25, 0.3) is 5.91 Å². The second kappa shape index (κ2) is 9.95. The standard InChI is InChI=1S/C26H24N2O4S/c1-32-24-13-20(11-21(14-29)23(24)15-30)25(31)28-26(33)27-22-8-4-7-18(12-22)19-9-16-5-2-3-6-17(16)10-19/h2-9,11-13,29-30H,10,14-15H2,1H3,(H2,27,28,31,33). The zero-order valence-corrected chi connectivity index (χ0v) is 18.9. The van der Waals surface area contributed by atoms with Gasteiger partial charge in [-0.3, -0.25) is 10.1 Å². The molecule has 0 saturated heterocycles. The van der Waals surface area contributed by atoms with Gasteiger partial charge in [-0.2, -0.15) is 0 Å². The molecule has 0 aromatic heterocycles. The molecular formula is C26H24N2O4S. The van der Waals surface area contributed by atoms with Crippen molar-refractivity contribution in [3.63, 3.8) is 0 Å². The van der Waals surface area contributed by atoms with Crippen LogP contribution in [0.3, 0.4) is 0 Å². The van der Waals surface area contributed by atoms with Gasteiger partial charge in [-0.1, -0.05) is 42.5 Å². The Morgan fingerprint density at radius 1 is 1.06 bits per heavy atom. The summed E-state index contributed by atoms with van der Waals surface area (Å²) in [6.45, 7) is -0.638. The van der Waals surface area contributed by atoms with Gasteiger partial charge >= 0.3 is 0 Å². The molecule has 0 radical (unpaired) electrons. The van der Waals surface area contributed by atoms with Crippen LogP contribution >= 0.6 is 12.2 Å². The molecule has 0 fully saturated rings. The summed E-state index contributed by atoms with van der Waals surface area (Å²) < 4.78 is 5.25. The number of nitrogens with one attached hydrogen (secondary N) is 2. The van der Waals surface area contributed by atoms with Crippen LogP contribution in [0.5, 0.6) is 5.75 Å². The van der Waals surface area contributed by atoms with E-state index in [1.165, 1.54) is 35.9 Å². The number of ether oxygens (including phenoxy) is 1. The van der Waals surface area contributed by atoms with Crippen molar-refractivity contribution in [3.8, 4) is 5.75 Å². The molecule has 0 atom stereocenters. The maximum atomic E-state index is 12.7. The van der Waals surface area contributed by atoms with E-state index >= 15 is 0 Å². The highest BCUT2D eigenvalue weighted by Gasteiger charge is 2.17. The Hall–Kier alpha value is -3.52. The maximum absolute atomic E-state index is 12.7. The Balaban J connectivity index is 1.46. The summed E-state index contributed by atoms with van der Waals surface area (Å²) in [4.78, 5) is 12.7. The van der Waals surface area contributed by atoms with Crippen molar-refractivity contribution in [2.24, 2.45) is 0 Å². The normalized spacial score (nSPS) is 12.0. The molecule has 33 heavy (non-hydrogen) atoms. The fourth-order valence-electron chi connectivity index (χ4n) is 3.94. The first-order chi connectivity index (χ1) is 16.0. The quantitative estimate of drug-likeness (QED) is 0.417. The number of fused-ring (bicyclic) bond motifs is 1. The van der Waals surface area contributed by atoms with Crippen LogP contribution in [0.1, 0.15) is 38.2 Å². The Bertz CT molecular complexity index is 1230. The third kappa shape index (κ3) is 4.96. The lowest BCUT2D eigenvalue weighted by atomic mass is 10.0. The van der Waals surface area contributed by atoms with E-state index in [2.05, 4.69) is 34.9 Å². The third-order valence-electron chi connectivity index (χ3n) is 5.60. The van der Waals surface area contributed by atoms with Crippen LogP contribution in [0.4, 0.5) is 5.69 Å². The van der Waals surface area contributed by atoms with E-state index in [0.29, 0.717) is 16.9 Å². The smallest absolute Gasteiger partial charge is 0.257 e. The largest absolute Gasteiger partial charge is 0.496 e. The highest BCUT2D eigenvalue weighted by Crippen LogP contribution is 2.32. The van der Waals surface area contributed by atoms with E-state index in [1.54, 1.807) is 0 Å². The number of allylic oxidation sites excluding steroid dienone is 1. The van der Waals surface area contributed by atoms with Crippen LogP contribution in [-0.4, -0.2) is 28.3 Å². The lowest BCUT2D eigenvalue weighted by molar-refractivity contribution is 0.0977. The molecule has 0 bridgehead atoms. The molecule has 168 valence electrons. The SMILES string of the molecule is COc1cc(C(=O)NC(=S)Nc2cccc(C3=Cc4ccccc4C3)c2)cc(CO)c1CO. The molecule has 0 aliphatic heterocycles. The van der Waals surface area contributed by atoms with Gasteiger partial charge in [-0.25, -0.2) is 0 Å². The Morgan fingerprint density at radius 3 is 2.61 bits per heavy atom. The van der Waals surface area contributed by atoms with Crippen LogP contribution in [0.2, 0.25) is 0 Å². The molecule has 0 heterocycles. The predicted molar refractivity (Wildman–Crippen MR) is 133 cm³/mol. The Kier molecular flexibility index (Phi) is 6.84. The summed E-state index contributed by atoms with van der Waals surface area (Å²) in [5.41, 5.74) is 6.73. The van der Waals surface area contributed by atoms with Crippen molar-refractivity contribution in [2.45, 2.75) is 19.6 Å². The summed E-state index contributed by atoms with van der Waals surface area (Å²) in [6.07, 6.45) is 3.07. The minimum absolute atomic E-state index is 0.150. The molecule has 6 nitrogen and oxygen atoms in total. The highest BCUT2D eigenvalue weighted by molar-refractivity contribution is 7.80. The van der Waals surface area contributed by atoms with Gasteiger partial charge in [0.1, 0.15) is 5.75 Å². The zero-order chi connectivity index (χ0) is 23.4. The average molecular weight is 461 g/mol. The molecule has 1 aliphatic carbocycles. The molecule has 0 saturated carbocycles. The lowest BCUT2D eigenvalue weighted by Gasteiger charge is -2.15. The first kappa shape index (κ1) is 22.7. The monoisotopic (exact) mass is 460 g/mol. The van der Waals surface area contributed by atoms with Crippen LogP contribution in [0.25, 0.3) is 11.6 Å². The topological polar surface area (TPSA) is 90.8 Å². The molecule has 4 rings (SSSR count). The second-order valence-corrected chi connectivity index (χ2v) is 8.07. The number of hydrogen-bond donors (Lipinski definition) is 4. The number of aliphatic hydroxyl groups is 2. The molecule has 3 aromatic rings. The molecule has 0 spiro atoms. The van der Waals surface area contributed by atoms with Crippen molar-refractivity contribution in [2.75, 3.05) is 12.4 Å². The molecular weight excluding hydrogens is 436 g/mol. The number of aliphatic hydroxyl groups excluding tert-OH is 2. The highest BCUT2D eigenvalue weighted by atomic mass is 32.1. The van der Waals surface area contributed by atoms with Gasteiger partial charge in [0.15, 0.2) is 5.11 Å². The average Bonchev–Trinajstić information content (AvgIpc) is 3.27. The Labute approximate surface area is 197 Å². The summed E-state index contributed by atoms with van der Waals surface area (Å²) in [7, 11) is 1.44. The second-order valence-electron chi connectivity index (χ2n) is 7.67. The summed E-state index contributed by atoms with van der Waals surface area (Å²) in [5, 5.41) is 25.0. The first-order valence-corrected chi connectivity index (χ1v) is 10.9. The van der Waals surface area contributed by atoms with Gasteiger partial charge in [0.2, 0.25) is 0 Å². The number of anilines is 1. The number of carbonyl (C=O) groups excluding carboxylic acids is 1. The van der Waals surface area contributed by atoms with Gasteiger partial charge in [0.05, 0.1) is 20.3 Å². The molecule has 4 N–H and O–H groups in total. The number of thiocarbonyl (C=S) groups is 1. The molecule has 3 aromatic carbocycles. The van der Waals surface area contributed by atoms with E-state index < -0.39 is 5.91 Å². The van der Waals surface area contributed by atoms with E-state index in [9.17, 15) is 15.0 Å². The van der Waals surface area contributed by atoms with Crippen molar-refractivity contribution >= 4 is 40.6 Å². The number of hydrogen-bond acceptors (Lipinski definition) is 5. The minimum Gasteiger partial charge on any atom is -0.496 e. The van der Waals surface area contributed by atoms with Crippen molar-refractivity contribution in [1.29, 1.82) is 0 Å². The van der Waals surface area contributed by atoms with Crippen LogP contribution in [-0.2, 0) is 19.6 Å². The van der Waals surface area contributed by atoms with Gasteiger partial charge < -0.3 is 20.3 Å². The molecule has 7 heteroatoms. The fourth-order valence-corrected chi connectivity index (χ4v) is 4.15. The number of methoxy groups -OCH3 is 1. The van der Waals surface area contributed by atoms with Gasteiger partial charge in [0, 0.05) is 16.8 Å². The Morgan fingerprint density at radius 2 is 1.88 bits per heavy atom. The maximum Gasteiger partial charge on any atom is 0.257 e. The number of rotatable bonds is 6. The van der Waals surface area contributed by atoms with Gasteiger partial charge in [-0.05, 0) is 70.7 Å². The lowest BCUT2D eigenvalue weighted by Crippen LogP contribution is -2.34. The molecule has 1 aliphatic rings. The van der Waals surface area contributed by atoms with Crippen LogP contribution in [0, 0.1) is 0 Å². The summed E-state index contributed by atoms with van der Waals surface area (Å²) in [6, 6.07) is 19.2. The molecule has 1 amide bonds. The van der Waals surface area contributed by atoms with Crippen LogP contribution in [0.15, 0.2) is 60.7 Å². The van der Waals surface area contributed by atoms with E-state index in [4.69, 9.17) is 17.0 Å². The first-order valence-electron chi connectivity index (χ1n) is 10.4. The van der Waals surface area contributed by atoms with Crippen LogP contribution < -0.4 is 15.4 Å². The number of amides is 1. The third-order valence-corrected chi connectivity index (χ3v) is 5.80. The number of carbonyl (C=O) groups is 1. The summed E-state index contributed by atoms with van der Waals surface area (Å²) in [5.74, 6) is -0.123. The zero-order valence-electron chi connectivity index (χ0n) is 18.1. The van der Waals surface area contributed by atoms with E-state index in [1.807, 2.05) is 30.3 Å². The van der Waals surface area contributed by atoms with E-state index in [-0.39, 0.29) is 23.9 Å². The van der Waals surface area contributed by atoms with Crippen molar-refractivity contribution < 1.29 is 19.7 Å². The number of benzene rings is 3. The van der Waals surface area contributed by atoms with Crippen molar-refractivity contribution in [3.05, 3.63) is 94.0 Å². The summed E-state index contributed by atoms with van der Waals surface area (Å²) >= 11 is 5.34. The van der Waals surface area contributed by atoms with E-state index in [0.717, 1.165) is 17.7 Å².